The van der Waals surface area contributed by atoms with E-state index in [4.69, 9.17) is 19.7 Å². The number of alkyl halides is 3. The van der Waals surface area contributed by atoms with Crippen molar-refractivity contribution in [2.45, 2.75) is 25.6 Å². The maximum absolute atomic E-state index is 10.6. The number of carboxylic acids is 2. The highest BCUT2D eigenvalue weighted by Crippen LogP contribution is 2.13. The van der Waals surface area contributed by atoms with Crippen LogP contribution in [0.3, 0.4) is 0 Å². The monoisotopic (exact) mass is 299 g/mol. The number of H-pyrrole nitrogens is 1. The van der Waals surface area contributed by atoms with E-state index in [1.54, 1.807) is 6.20 Å². The molecule has 3 N–H and O–H groups in total. The SMILES string of the molecule is CC(OCCc1cn[nH]n1)C(=O)O.O=C(O)C(F)(F)F. The number of aromatic amines is 1. The second-order valence-corrected chi connectivity index (χ2v) is 3.37. The summed E-state index contributed by atoms with van der Waals surface area (Å²) in [5.74, 6) is -3.72. The molecular weight excluding hydrogens is 287 g/mol. The Labute approximate surface area is 110 Å². The van der Waals surface area contributed by atoms with Gasteiger partial charge in [0.2, 0.25) is 0 Å². The molecule has 1 aromatic heterocycles. The van der Waals surface area contributed by atoms with Crippen molar-refractivity contribution in [3.63, 3.8) is 0 Å². The lowest BCUT2D eigenvalue weighted by Crippen LogP contribution is -2.21. The molecule has 0 aliphatic carbocycles. The van der Waals surface area contributed by atoms with Gasteiger partial charge in [-0.1, -0.05) is 0 Å². The fourth-order valence-electron chi connectivity index (χ4n) is 0.757. The van der Waals surface area contributed by atoms with Gasteiger partial charge in [0, 0.05) is 6.42 Å². The van der Waals surface area contributed by atoms with Crippen molar-refractivity contribution in [2.75, 3.05) is 6.61 Å². The van der Waals surface area contributed by atoms with Gasteiger partial charge >= 0.3 is 18.1 Å². The zero-order chi connectivity index (χ0) is 15.8. The number of carboxylic acid groups (broad SMARTS) is 2. The molecule has 0 aliphatic heterocycles. The molecule has 1 heterocycles. The maximum Gasteiger partial charge on any atom is 0.490 e. The van der Waals surface area contributed by atoms with E-state index in [0.717, 1.165) is 5.69 Å². The van der Waals surface area contributed by atoms with Crippen LogP contribution in [0.5, 0.6) is 0 Å². The Morgan fingerprint density at radius 3 is 2.35 bits per heavy atom. The van der Waals surface area contributed by atoms with E-state index in [9.17, 15) is 18.0 Å². The van der Waals surface area contributed by atoms with E-state index < -0.39 is 24.2 Å². The fraction of sp³-hybridized carbons (Fsp3) is 0.556. The maximum atomic E-state index is 10.6. The Hall–Kier alpha value is -2.17. The summed E-state index contributed by atoms with van der Waals surface area (Å²) in [6, 6.07) is 0. The number of rotatable bonds is 5. The zero-order valence-electron chi connectivity index (χ0n) is 10.2. The summed E-state index contributed by atoms with van der Waals surface area (Å²) in [7, 11) is 0. The Bertz CT molecular complexity index is 421. The number of nitrogens with zero attached hydrogens (tertiary/aromatic N) is 2. The Morgan fingerprint density at radius 2 is 2.00 bits per heavy atom. The molecule has 1 aromatic rings. The van der Waals surface area contributed by atoms with Gasteiger partial charge in [0.05, 0.1) is 18.5 Å². The number of carbonyl (C=O) groups is 2. The third kappa shape index (κ3) is 8.02. The van der Waals surface area contributed by atoms with Gasteiger partial charge in [-0.2, -0.15) is 28.6 Å². The molecule has 0 radical (unpaired) electrons. The summed E-state index contributed by atoms with van der Waals surface area (Å²) >= 11 is 0. The van der Waals surface area contributed by atoms with Gasteiger partial charge in [-0.25, -0.2) is 9.59 Å². The molecule has 0 amide bonds. The first-order valence-electron chi connectivity index (χ1n) is 5.13. The van der Waals surface area contributed by atoms with E-state index in [1.807, 2.05) is 0 Å². The fourth-order valence-corrected chi connectivity index (χ4v) is 0.757. The lowest BCUT2D eigenvalue weighted by molar-refractivity contribution is -0.192. The van der Waals surface area contributed by atoms with Crippen molar-refractivity contribution in [2.24, 2.45) is 0 Å². The van der Waals surface area contributed by atoms with Crippen molar-refractivity contribution in [3.8, 4) is 0 Å². The number of nitrogens with one attached hydrogen (secondary N) is 1. The molecule has 114 valence electrons. The molecule has 0 aliphatic rings. The van der Waals surface area contributed by atoms with E-state index in [0.29, 0.717) is 13.0 Å². The molecule has 1 rings (SSSR count). The minimum absolute atomic E-state index is 0.333. The lowest BCUT2D eigenvalue weighted by Gasteiger charge is -2.06. The molecule has 20 heavy (non-hydrogen) atoms. The van der Waals surface area contributed by atoms with Crippen LogP contribution < -0.4 is 0 Å². The average Bonchev–Trinajstić information content (AvgIpc) is 2.81. The summed E-state index contributed by atoms with van der Waals surface area (Å²) in [6.45, 7) is 1.82. The first-order chi connectivity index (χ1) is 9.14. The Kier molecular flexibility index (Phi) is 7.21. The normalized spacial score (nSPS) is 12.2. The second kappa shape index (κ2) is 8.09. The molecular formula is C9H12F3N3O5. The van der Waals surface area contributed by atoms with Crippen LogP contribution in [0.25, 0.3) is 0 Å². The van der Waals surface area contributed by atoms with Gasteiger partial charge in [0.25, 0.3) is 0 Å². The van der Waals surface area contributed by atoms with Crippen LogP contribution >= 0.6 is 0 Å². The molecule has 0 saturated heterocycles. The highest BCUT2D eigenvalue weighted by Gasteiger charge is 2.38. The summed E-state index contributed by atoms with van der Waals surface area (Å²) in [5.41, 5.74) is 0.762. The van der Waals surface area contributed by atoms with Gasteiger partial charge in [-0.3, -0.25) is 0 Å². The minimum atomic E-state index is -5.08. The van der Waals surface area contributed by atoms with Crippen molar-refractivity contribution in [1.82, 2.24) is 15.4 Å². The third-order valence-corrected chi connectivity index (χ3v) is 1.78. The van der Waals surface area contributed by atoms with E-state index >= 15 is 0 Å². The molecule has 8 nitrogen and oxygen atoms in total. The summed E-state index contributed by atoms with van der Waals surface area (Å²) in [5, 5.41) is 25.5. The largest absolute Gasteiger partial charge is 0.490 e. The van der Waals surface area contributed by atoms with Crippen molar-refractivity contribution in [1.29, 1.82) is 0 Å². The standard InChI is InChI=1S/C7H11N3O3.C2HF3O2/c1-5(7(11)12)13-3-2-6-4-8-10-9-6;3-2(4,5)1(6)7/h4-5H,2-3H2,1H3,(H,11,12)(H,8,9,10);(H,6,7). The molecule has 0 spiro atoms. The highest BCUT2D eigenvalue weighted by molar-refractivity contribution is 5.73. The first kappa shape index (κ1) is 17.8. The lowest BCUT2D eigenvalue weighted by atomic mass is 10.3. The smallest absolute Gasteiger partial charge is 0.479 e. The van der Waals surface area contributed by atoms with Gasteiger partial charge in [-0.15, -0.1) is 0 Å². The minimum Gasteiger partial charge on any atom is -0.479 e. The predicted molar refractivity (Wildman–Crippen MR) is 56.8 cm³/mol. The first-order valence-corrected chi connectivity index (χ1v) is 5.13. The van der Waals surface area contributed by atoms with Gasteiger partial charge in [0.1, 0.15) is 0 Å². The van der Waals surface area contributed by atoms with E-state index in [2.05, 4.69) is 15.4 Å². The van der Waals surface area contributed by atoms with Gasteiger partial charge in [-0.05, 0) is 6.92 Å². The summed E-state index contributed by atoms with van der Waals surface area (Å²) < 4.78 is 36.7. The molecule has 0 fully saturated rings. The number of halogens is 3. The van der Waals surface area contributed by atoms with Crippen LogP contribution in [0.2, 0.25) is 0 Å². The Balaban J connectivity index is 0.000000441. The quantitative estimate of drug-likeness (QED) is 0.721. The Morgan fingerprint density at radius 1 is 1.45 bits per heavy atom. The molecule has 0 saturated carbocycles. The topological polar surface area (TPSA) is 125 Å². The van der Waals surface area contributed by atoms with Crippen LogP contribution in [0.1, 0.15) is 12.6 Å². The van der Waals surface area contributed by atoms with Gasteiger partial charge < -0.3 is 14.9 Å². The molecule has 0 aromatic carbocycles. The molecule has 11 heteroatoms. The highest BCUT2D eigenvalue weighted by atomic mass is 19.4. The van der Waals surface area contributed by atoms with E-state index in [1.165, 1.54) is 6.92 Å². The van der Waals surface area contributed by atoms with E-state index in [-0.39, 0.29) is 0 Å². The zero-order valence-corrected chi connectivity index (χ0v) is 10.2. The van der Waals surface area contributed by atoms with Crippen molar-refractivity contribution < 1.29 is 37.7 Å². The summed E-state index contributed by atoms with van der Waals surface area (Å²) in [6.07, 6.45) is -3.71. The second-order valence-electron chi connectivity index (χ2n) is 3.37. The van der Waals surface area contributed by atoms with Gasteiger partial charge in [0.15, 0.2) is 6.10 Å². The number of hydrogen-bond donors (Lipinski definition) is 3. The van der Waals surface area contributed by atoms with Crippen LogP contribution in [0, 0.1) is 0 Å². The number of aromatic nitrogens is 3. The van der Waals surface area contributed by atoms with Crippen molar-refractivity contribution in [3.05, 3.63) is 11.9 Å². The molecule has 0 bridgehead atoms. The molecule has 1 unspecified atom stereocenters. The van der Waals surface area contributed by atoms with Crippen LogP contribution in [-0.4, -0.2) is 56.4 Å². The van der Waals surface area contributed by atoms with Crippen LogP contribution in [-0.2, 0) is 20.7 Å². The van der Waals surface area contributed by atoms with Crippen LogP contribution in [0.4, 0.5) is 13.2 Å². The predicted octanol–water partition coefficient (Wildman–Crippen LogP) is 0.470. The number of ether oxygens (including phenoxy) is 1. The third-order valence-electron chi connectivity index (χ3n) is 1.78. The van der Waals surface area contributed by atoms with Crippen molar-refractivity contribution >= 4 is 11.9 Å². The van der Waals surface area contributed by atoms with Crippen LogP contribution in [0.15, 0.2) is 6.20 Å². The summed E-state index contributed by atoms with van der Waals surface area (Å²) in [4.78, 5) is 19.2. The number of aliphatic carboxylic acids is 2. The average molecular weight is 299 g/mol. The number of hydrogen-bond acceptors (Lipinski definition) is 5. The molecule has 1 atom stereocenters.